The third-order valence-corrected chi connectivity index (χ3v) is 7.91. The Labute approximate surface area is 209 Å². The number of fused-ring (bicyclic) bond motifs is 2. The lowest BCUT2D eigenvalue weighted by Crippen LogP contribution is -2.50. The summed E-state index contributed by atoms with van der Waals surface area (Å²) >= 11 is 0. The summed E-state index contributed by atoms with van der Waals surface area (Å²) in [6.45, 7) is 6.18. The minimum Gasteiger partial charge on any atom is -0.348 e. The van der Waals surface area contributed by atoms with Crippen LogP contribution in [0.4, 0.5) is 0 Å². The van der Waals surface area contributed by atoms with Crippen molar-refractivity contribution in [3.8, 4) is 0 Å². The Bertz CT molecular complexity index is 786. The van der Waals surface area contributed by atoms with Gasteiger partial charge in [0.15, 0.2) is 11.6 Å². The van der Waals surface area contributed by atoms with Crippen LogP contribution in [0.25, 0.3) is 0 Å². The smallest absolute Gasteiger partial charge is 0.169 e. The fourth-order valence-electron chi connectivity index (χ4n) is 6.77. The largest absolute Gasteiger partial charge is 0.348 e. The van der Waals surface area contributed by atoms with Gasteiger partial charge in [-0.3, -0.25) is 4.90 Å². The molecule has 35 heavy (non-hydrogen) atoms. The van der Waals surface area contributed by atoms with E-state index in [1.807, 2.05) is 0 Å². The normalized spacial score (nSPS) is 32.9. The van der Waals surface area contributed by atoms with Gasteiger partial charge in [-0.05, 0) is 30.2 Å². The minimum atomic E-state index is -0.643. The summed E-state index contributed by atoms with van der Waals surface area (Å²) in [5.74, 6) is 0.421. The van der Waals surface area contributed by atoms with Crippen molar-refractivity contribution in [2.75, 3.05) is 39.5 Å². The number of nitrogens with zero attached hydrogens (tertiary/aromatic N) is 1. The molecule has 0 radical (unpaired) electrons. The van der Waals surface area contributed by atoms with E-state index >= 15 is 0 Å². The fourth-order valence-corrected chi connectivity index (χ4v) is 6.77. The van der Waals surface area contributed by atoms with Crippen LogP contribution < -0.4 is 0 Å². The van der Waals surface area contributed by atoms with E-state index in [-0.39, 0.29) is 25.0 Å². The van der Waals surface area contributed by atoms with Gasteiger partial charge in [0.05, 0.1) is 26.4 Å². The number of piperidine rings is 1. The van der Waals surface area contributed by atoms with Crippen molar-refractivity contribution in [1.29, 1.82) is 0 Å². The first-order valence-electron chi connectivity index (χ1n) is 12.8. The molecular formula is C28H41NO6. The van der Waals surface area contributed by atoms with Crippen LogP contribution in [0.2, 0.25) is 0 Å². The van der Waals surface area contributed by atoms with Crippen LogP contribution in [-0.2, 0) is 35.1 Å². The molecule has 3 aliphatic heterocycles. The number of ether oxygens (including phenoxy) is 4. The molecule has 2 bridgehead atoms. The molecule has 5 fully saturated rings. The van der Waals surface area contributed by atoms with Crippen molar-refractivity contribution in [2.24, 2.45) is 23.7 Å². The Kier molecular flexibility index (Phi) is 8.76. The number of carbonyl (C=O) groups is 2. The van der Waals surface area contributed by atoms with Gasteiger partial charge < -0.3 is 28.5 Å². The van der Waals surface area contributed by atoms with Gasteiger partial charge in [-0.15, -0.1) is 0 Å². The first kappa shape index (κ1) is 26.4. The highest BCUT2D eigenvalue weighted by atomic mass is 16.7. The second-order valence-corrected chi connectivity index (χ2v) is 10.7. The summed E-state index contributed by atoms with van der Waals surface area (Å²) in [5, 5.41) is 0. The molecule has 2 saturated carbocycles. The van der Waals surface area contributed by atoms with Crippen LogP contribution in [0.3, 0.4) is 0 Å². The zero-order valence-electron chi connectivity index (χ0n) is 19.9. The van der Waals surface area contributed by atoms with Crippen LogP contribution in [-0.4, -0.2) is 68.6 Å². The first-order valence-corrected chi connectivity index (χ1v) is 12.8. The Morgan fingerprint density at radius 2 is 1.23 bits per heavy atom. The molecule has 6 rings (SSSR count). The highest BCUT2D eigenvalue weighted by Crippen LogP contribution is 2.44. The van der Waals surface area contributed by atoms with Crippen molar-refractivity contribution in [3.05, 3.63) is 35.9 Å². The van der Waals surface area contributed by atoms with Gasteiger partial charge >= 0.3 is 0 Å². The molecule has 0 aromatic heterocycles. The maximum absolute atomic E-state index is 10.7. The van der Waals surface area contributed by atoms with Gasteiger partial charge in [0.25, 0.3) is 0 Å². The molecule has 4 atom stereocenters. The summed E-state index contributed by atoms with van der Waals surface area (Å²) in [6, 6.07) is 10.8. The zero-order chi connectivity index (χ0) is 23.4. The number of aldehydes is 2. The Balaban J connectivity index is 0.000000171. The molecule has 1 aromatic carbocycles. The van der Waals surface area contributed by atoms with E-state index in [2.05, 4.69) is 35.2 Å². The molecule has 0 amide bonds. The topological polar surface area (TPSA) is 74.3 Å². The van der Waals surface area contributed by atoms with Gasteiger partial charge in [-0.2, -0.15) is 0 Å². The Morgan fingerprint density at radius 1 is 0.743 bits per heavy atom. The summed E-state index contributed by atoms with van der Waals surface area (Å²) in [6.07, 6.45) is 7.19. The van der Waals surface area contributed by atoms with Crippen molar-refractivity contribution in [2.45, 2.75) is 64.1 Å². The number of hydrogen-bond donors (Lipinski definition) is 0. The molecule has 3 saturated heterocycles. The lowest BCUT2D eigenvalue weighted by molar-refractivity contribution is -0.208. The van der Waals surface area contributed by atoms with E-state index in [4.69, 9.17) is 18.9 Å². The van der Waals surface area contributed by atoms with Crippen LogP contribution >= 0.6 is 0 Å². The molecule has 3 heterocycles. The third-order valence-electron chi connectivity index (χ3n) is 7.91. The predicted octanol–water partition coefficient (Wildman–Crippen LogP) is 3.84. The predicted molar refractivity (Wildman–Crippen MR) is 132 cm³/mol. The molecule has 2 spiro atoms. The maximum atomic E-state index is 10.7. The Hall–Kier alpha value is -1.64. The van der Waals surface area contributed by atoms with Crippen molar-refractivity contribution >= 4 is 12.6 Å². The number of likely N-dealkylation sites (tertiary alicyclic amines) is 1. The second-order valence-electron chi connectivity index (χ2n) is 10.7. The van der Waals surface area contributed by atoms with E-state index in [9.17, 15) is 9.59 Å². The van der Waals surface area contributed by atoms with Crippen LogP contribution in [0.5, 0.6) is 0 Å². The highest BCUT2D eigenvalue weighted by Gasteiger charge is 2.48. The van der Waals surface area contributed by atoms with E-state index in [1.165, 1.54) is 25.1 Å². The third kappa shape index (κ3) is 6.38. The second kappa shape index (κ2) is 11.6. The number of carbonyl (C=O) groups excluding carboxylic acids is 2. The zero-order valence-corrected chi connectivity index (χ0v) is 19.9. The number of benzene rings is 1. The molecule has 2 unspecified atom stereocenters. The lowest BCUT2D eigenvalue weighted by atomic mass is 9.74. The first-order chi connectivity index (χ1) is 16.6. The van der Waals surface area contributed by atoms with Gasteiger partial charge in [0.2, 0.25) is 0 Å². The SMILES string of the molecule is C.O=C[C@@H]1C[C@H](C=O)CC2(C1)OCCO2.c1ccc(CN2CC3CC(C2)CC2(C3)OCCO2)cc1. The standard InChI is InChI=1S/C17H23NO2.C10H14O4.CH4/c1-2-4-14(5-3-1)11-18-12-15-8-16(13-18)10-17(9-15)19-6-7-20-17;11-6-8-3-9(7-12)5-10(4-8)13-1-2-14-10;/h1-5,15-16H,6-13H2;6-9H,1-5H2;1H4/t;8-,9+;. The average Bonchev–Trinajstić information content (AvgIpc) is 3.48. The lowest BCUT2D eigenvalue weighted by Gasteiger charge is -2.47. The molecule has 2 aliphatic carbocycles. The summed E-state index contributed by atoms with van der Waals surface area (Å²) < 4.78 is 22.9. The van der Waals surface area contributed by atoms with Crippen LogP contribution in [0.15, 0.2) is 30.3 Å². The van der Waals surface area contributed by atoms with Gasteiger partial charge in [0.1, 0.15) is 12.6 Å². The van der Waals surface area contributed by atoms with Crippen LogP contribution in [0.1, 0.15) is 51.5 Å². The number of rotatable bonds is 4. The quantitative estimate of drug-likeness (QED) is 0.598. The van der Waals surface area contributed by atoms with E-state index in [0.29, 0.717) is 32.5 Å². The summed E-state index contributed by atoms with van der Waals surface area (Å²) in [7, 11) is 0. The van der Waals surface area contributed by atoms with Gasteiger partial charge in [-0.25, -0.2) is 0 Å². The molecule has 194 valence electrons. The van der Waals surface area contributed by atoms with Crippen molar-refractivity contribution in [3.63, 3.8) is 0 Å². The van der Waals surface area contributed by atoms with Crippen molar-refractivity contribution < 1.29 is 28.5 Å². The molecule has 0 N–H and O–H groups in total. The fraction of sp³-hybridized carbons (Fsp3) is 0.714. The molecular weight excluding hydrogens is 446 g/mol. The van der Waals surface area contributed by atoms with Gasteiger partial charge in [-0.1, -0.05) is 37.8 Å². The van der Waals surface area contributed by atoms with E-state index in [0.717, 1.165) is 57.0 Å². The average molecular weight is 488 g/mol. The number of hydrogen-bond acceptors (Lipinski definition) is 7. The summed E-state index contributed by atoms with van der Waals surface area (Å²) in [4.78, 5) is 24.1. The Morgan fingerprint density at radius 3 is 1.71 bits per heavy atom. The maximum Gasteiger partial charge on any atom is 0.169 e. The van der Waals surface area contributed by atoms with Crippen LogP contribution in [0, 0.1) is 23.7 Å². The van der Waals surface area contributed by atoms with E-state index in [1.54, 1.807) is 0 Å². The minimum absolute atomic E-state index is 0. The summed E-state index contributed by atoms with van der Waals surface area (Å²) in [5.41, 5.74) is 1.43. The molecule has 7 heteroatoms. The van der Waals surface area contributed by atoms with E-state index < -0.39 is 5.79 Å². The molecule has 7 nitrogen and oxygen atoms in total. The van der Waals surface area contributed by atoms with Crippen molar-refractivity contribution in [1.82, 2.24) is 4.90 Å². The highest BCUT2D eigenvalue weighted by molar-refractivity contribution is 5.59. The molecule has 5 aliphatic rings. The monoisotopic (exact) mass is 487 g/mol. The van der Waals surface area contributed by atoms with Gasteiger partial charge in [0, 0.05) is 57.2 Å². The molecule has 1 aromatic rings.